The number of nitrogens with one attached hydrogen (secondary N) is 1. The van der Waals surface area contributed by atoms with E-state index in [1.807, 2.05) is 6.07 Å². The summed E-state index contributed by atoms with van der Waals surface area (Å²) in [4.78, 5) is 12.4. The molecule has 144 valence electrons. The third-order valence-electron chi connectivity index (χ3n) is 6.00. The van der Waals surface area contributed by atoms with Gasteiger partial charge in [-0.2, -0.15) is 0 Å². The maximum Gasteiger partial charge on any atom is 0.222 e. The molecular weight excluding hydrogens is 333 g/mol. The van der Waals surface area contributed by atoms with Gasteiger partial charge in [-0.05, 0) is 43.4 Å². The zero-order chi connectivity index (χ0) is 18.7. The number of hydrogen-bond acceptors (Lipinski definition) is 3. The molecule has 0 unspecified atom stereocenters. The lowest BCUT2D eigenvalue weighted by molar-refractivity contribution is -0.154. The third kappa shape index (κ3) is 4.26. The van der Waals surface area contributed by atoms with Gasteiger partial charge in [0.15, 0.2) is 0 Å². The summed E-state index contributed by atoms with van der Waals surface area (Å²) in [6, 6.07) is 6.62. The minimum atomic E-state index is -0.356. The van der Waals surface area contributed by atoms with Crippen LogP contribution in [0.4, 0.5) is 4.39 Å². The second-order valence-electron chi connectivity index (χ2n) is 8.16. The Bertz CT molecular complexity index is 637. The number of ether oxygens (including phenoxy) is 2. The van der Waals surface area contributed by atoms with Crippen LogP contribution >= 0.6 is 0 Å². The highest BCUT2D eigenvalue weighted by Gasteiger charge is 2.49. The van der Waals surface area contributed by atoms with Gasteiger partial charge in [0.05, 0.1) is 18.8 Å². The number of carbonyl (C=O) groups is 1. The SMILES string of the molecule is COCCC(=O)N[C@]1(C)C[C@H](c2cccc(F)c2)O[C@@H]2C[C@H](C)CC[C@H]21. The van der Waals surface area contributed by atoms with Gasteiger partial charge in [-0.25, -0.2) is 4.39 Å². The van der Waals surface area contributed by atoms with Crippen LogP contribution in [0.1, 0.15) is 57.6 Å². The molecule has 5 atom stereocenters. The molecule has 1 aromatic carbocycles. The van der Waals surface area contributed by atoms with Crippen molar-refractivity contribution in [1.82, 2.24) is 5.32 Å². The normalized spacial score (nSPS) is 34.2. The van der Waals surface area contributed by atoms with Gasteiger partial charge in [0.2, 0.25) is 5.91 Å². The average molecular weight is 363 g/mol. The van der Waals surface area contributed by atoms with Gasteiger partial charge in [-0.3, -0.25) is 4.79 Å². The molecule has 1 heterocycles. The number of benzene rings is 1. The Balaban J connectivity index is 1.83. The van der Waals surface area contributed by atoms with Crippen molar-refractivity contribution >= 4 is 5.91 Å². The quantitative estimate of drug-likeness (QED) is 0.860. The Morgan fingerprint density at radius 3 is 2.96 bits per heavy atom. The Morgan fingerprint density at radius 1 is 1.42 bits per heavy atom. The number of amides is 1. The fourth-order valence-electron chi connectivity index (χ4n) is 4.63. The molecule has 1 saturated carbocycles. The molecule has 1 aliphatic heterocycles. The summed E-state index contributed by atoms with van der Waals surface area (Å²) in [5.41, 5.74) is 0.490. The largest absolute Gasteiger partial charge is 0.384 e. The molecule has 0 aromatic heterocycles. The summed E-state index contributed by atoms with van der Waals surface area (Å²) in [6.45, 7) is 4.79. The van der Waals surface area contributed by atoms with Crippen LogP contribution in [0, 0.1) is 17.7 Å². The van der Waals surface area contributed by atoms with Crippen molar-refractivity contribution in [2.24, 2.45) is 11.8 Å². The van der Waals surface area contributed by atoms with E-state index < -0.39 is 0 Å². The van der Waals surface area contributed by atoms with E-state index in [2.05, 4.69) is 19.2 Å². The third-order valence-corrected chi connectivity index (χ3v) is 6.00. The van der Waals surface area contributed by atoms with Crippen LogP contribution in [0.5, 0.6) is 0 Å². The van der Waals surface area contributed by atoms with Gasteiger partial charge in [0.1, 0.15) is 5.82 Å². The molecule has 26 heavy (non-hydrogen) atoms. The molecule has 0 spiro atoms. The minimum Gasteiger partial charge on any atom is -0.384 e. The molecule has 1 N–H and O–H groups in total. The topological polar surface area (TPSA) is 47.6 Å². The van der Waals surface area contributed by atoms with Crippen molar-refractivity contribution in [3.8, 4) is 0 Å². The first kappa shape index (κ1) is 19.3. The van der Waals surface area contributed by atoms with E-state index >= 15 is 0 Å². The lowest BCUT2D eigenvalue weighted by Gasteiger charge is -2.52. The van der Waals surface area contributed by atoms with E-state index in [-0.39, 0.29) is 35.4 Å². The summed E-state index contributed by atoms with van der Waals surface area (Å²) < 4.78 is 25.2. The van der Waals surface area contributed by atoms with Crippen molar-refractivity contribution in [2.45, 2.75) is 63.7 Å². The molecular formula is C21H30FNO3. The molecule has 3 rings (SSSR count). The molecule has 1 aliphatic carbocycles. The number of rotatable bonds is 5. The van der Waals surface area contributed by atoms with Crippen molar-refractivity contribution in [3.63, 3.8) is 0 Å². The van der Waals surface area contributed by atoms with Gasteiger partial charge < -0.3 is 14.8 Å². The Morgan fingerprint density at radius 2 is 2.23 bits per heavy atom. The van der Waals surface area contributed by atoms with E-state index in [1.54, 1.807) is 19.2 Å². The predicted molar refractivity (Wildman–Crippen MR) is 98.2 cm³/mol. The van der Waals surface area contributed by atoms with Crippen LogP contribution < -0.4 is 5.32 Å². The zero-order valence-electron chi connectivity index (χ0n) is 16.0. The number of carbonyl (C=O) groups excluding carboxylic acids is 1. The highest BCUT2D eigenvalue weighted by Crippen LogP contribution is 2.47. The highest BCUT2D eigenvalue weighted by molar-refractivity contribution is 5.77. The van der Waals surface area contributed by atoms with Crippen molar-refractivity contribution in [2.75, 3.05) is 13.7 Å². The molecule has 2 fully saturated rings. The Hall–Kier alpha value is -1.46. The second kappa shape index (κ2) is 8.05. The number of hydrogen-bond donors (Lipinski definition) is 1. The van der Waals surface area contributed by atoms with Crippen LogP contribution in [0.15, 0.2) is 24.3 Å². The smallest absolute Gasteiger partial charge is 0.222 e. The van der Waals surface area contributed by atoms with Gasteiger partial charge in [-0.1, -0.05) is 25.5 Å². The standard InChI is InChI=1S/C21H30FNO3/c1-14-7-8-17-18(11-14)26-19(15-5-4-6-16(22)12-15)13-21(17,2)23-20(24)9-10-25-3/h4-6,12,14,17-19H,7-11,13H2,1-3H3,(H,23,24)/t14-,17-,18-,19-,21-/m1/s1. The van der Waals surface area contributed by atoms with Crippen LogP contribution in [-0.2, 0) is 14.3 Å². The van der Waals surface area contributed by atoms with Crippen LogP contribution in [-0.4, -0.2) is 31.3 Å². The van der Waals surface area contributed by atoms with Crippen molar-refractivity contribution < 1.29 is 18.7 Å². The van der Waals surface area contributed by atoms with E-state index in [0.29, 0.717) is 25.4 Å². The number of methoxy groups -OCH3 is 1. The lowest BCUT2D eigenvalue weighted by Crippen LogP contribution is -2.60. The summed E-state index contributed by atoms with van der Waals surface area (Å²) in [7, 11) is 1.60. The molecule has 0 radical (unpaired) electrons. The zero-order valence-corrected chi connectivity index (χ0v) is 16.0. The summed E-state index contributed by atoms with van der Waals surface area (Å²) in [5.74, 6) is 0.647. The van der Waals surface area contributed by atoms with E-state index in [4.69, 9.17) is 9.47 Å². The van der Waals surface area contributed by atoms with E-state index in [9.17, 15) is 9.18 Å². The van der Waals surface area contributed by atoms with E-state index in [0.717, 1.165) is 24.8 Å². The number of halogens is 1. The van der Waals surface area contributed by atoms with Crippen molar-refractivity contribution in [1.29, 1.82) is 0 Å². The van der Waals surface area contributed by atoms with Crippen molar-refractivity contribution in [3.05, 3.63) is 35.6 Å². The van der Waals surface area contributed by atoms with Crippen LogP contribution in [0.3, 0.4) is 0 Å². The first-order valence-electron chi connectivity index (χ1n) is 9.62. The van der Waals surface area contributed by atoms with Gasteiger partial charge in [0, 0.05) is 31.4 Å². The summed E-state index contributed by atoms with van der Waals surface area (Å²) in [6.07, 6.45) is 4.08. The number of fused-ring (bicyclic) bond motifs is 1. The summed E-state index contributed by atoms with van der Waals surface area (Å²) in [5, 5.41) is 3.27. The molecule has 1 aromatic rings. The fourth-order valence-corrected chi connectivity index (χ4v) is 4.63. The molecule has 2 aliphatic rings. The first-order valence-corrected chi connectivity index (χ1v) is 9.62. The molecule has 4 nitrogen and oxygen atoms in total. The summed E-state index contributed by atoms with van der Waals surface area (Å²) >= 11 is 0. The second-order valence-corrected chi connectivity index (χ2v) is 8.16. The molecule has 1 amide bonds. The Kier molecular flexibility index (Phi) is 5.98. The van der Waals surface area contributed by atoms with Crippen LogP contribution in [0.2, 0.25) is 0 Å². The molecule has 0 bridgehead atoms. The lowest BCUT2D eigenvalue weighted by atomic mass is 9.66. The fraction of sp³-hybridized carbons (Fsp3) is 0.667. The maximum absolute atomic E-state index is 13.7. The van der Waals surface area contributed by atoms with E-state index in [1.165, 1.54) is 6.07 Å². The first-order chi connectivity index (χ1) is 12.4. The van der Waals surface area contributed by atoms with Crippen LogP contribution in [0.25, 0.3) is 0 Å². The monoisotopic (exact) mass is 363 g/mol. The predicted octanol–water partition coefficient (Wildman–Crippen LogP) is 4.00. The molecule has 5 heteroatoms. The van der Waals surface area contributed by atoms with Gasteiger partial charge in [0.25, 0.3) is 0 Å². The highest BCUT2D eigenvalue weighted by atomic mass is 19.1. The average Bonchev–Trinajstić information content (AvgIpc) is 2.59. The van der Waals surface area contributed by atoms with Gasteiger partial charge in [-0.15, -0.1) is 0 Å². The van der Waals surface area contributed by atoms with Gasteiger partial charge >= 0.3 is 0 Å². The Labute approximate surface area is 155 Å². The molecule has 1 saturated heterocycles. The maximum atomic E-state index is 13.7. The minimum absolute atomic E-state index is 0.00612.